The predicted octanol–water partition coefficient (Wildman–Crippen LogP) is 2.92. The molecule has 1 rings (SSSR count). The Bertz CT molecular complexity index is 404. The van der Waals surface area contributed by atoms with Crippen molar-refractivity contribution in [3.63, 3.8) is 0 Å². The van der Waals surface area contributed by atoms with Gasteiger partial charge in [-0.25, -0.2) is 4.39 Å². The molecule has 0 fully saturated rings. The largest absolute Gasteiger partial charge is 0.352 e. The molecule has 0 aliphatic heterocycles. The molecule has 1 aromatic rings. The zero-order valence-corrected chi connectivity index (χ0v) is 11.0. The van der Waals surface area contributed by atoms with Crippen molar-refractivity contribution in [3.8, 4) is 0 Å². The first kappa shape index (κ1) is 14.0. The van der Waals surface area contributed by atoms with E-state index in [0.717, 1.165) is 11.1 Å². The molecule has 1 aromatic carbocycles. The van der Waals surface area contributed by atoms with Gasteiger partial charge in [-0.2, -0.15) is 0 Å². The average molecular weight is 258 g/mol. The minimum Gasteiger partial charge on any atom is -0.352 e. The van der Waals surface area contributed by atoms with E-state index in [0.29, 0.717) is 6.54 Å². The monoisotopic (exact) mass is 257 g/mol. The number of carbonyl (C=O) groups is 1. The molecule has 1 unspecified atom stereocenters. The molecule has 0 aliphatic rings. The van der Waals surface area contributed by atoms with Crippen LogP contribution in [0.3, 0.4) is 0 Å². The Morgan fingerprint density at radius 3 is 2.59 bits per heavy atom. The van der Waals surface area contributed by atoms with Crippen LogP contribution in [0.5, 0.6) is 0 Å². The first-order chi connectivity index (χ1) is 7.84. The number of alkyl halides is 2. The van der Waals surface area contributed by atoms with E-state index in [-0.39, 0.29) is 5.41 Å². The quantitative estimate of drug-likeness (QED) is 0.826. The smallest absolute Gasteiger partial charge is 0.270 e. The molecule has 0 aliphatic carbocycles. The highest BCUT2D eigenvalue weighted by Crippen LogP contribution is 2.25. The lowest BCUT2D eigenvalue weighted by atomic mass is 9.82. The van der Waals surface area contributed by atoms with Gasteiger partial charge in [-0.1, -0.05) is 49.7 Å². The fraction of sp³-hybridized carbons (Fsp3) is 0.462. The average Bonchev–Trinajstić information content (AvgIpc) is 2.26. The molecule has 1 atom stereocenters. The predicted molar refractivity (Wildman–Crippen MR) is 68.0 cm³/mol. The third-order valence-electron chi connectivity index (χ3n) is 2.78. The zero-order chi connectivity index (χ0) is 13.1. The highest BCUT2D eigenvalue weighted by Gasteiger charge is 2.24. The summed E-state index contributed by atoms with van der Waals surface area (Å²) in [5, 5.41) is 2.50. The van der Waals surface area contributed by atoms with Crippen LogP contribution >= 0.6 is 11.6 Å². The second-order valence-corrected chi connectivity index (χ2v) is 5.10. The van der Waals surface area contributed by atoms with Crippen LogP contribution in [0, 0.1) is 6.92 Å². The number of hydrogen-bond acceptors (Lipinski definition) is 1. The molecule has 0 bridgehead atoms. The lowest BCUT2D eigenvalue weighted by Gasteiger charge is -2.27. The van der Waals surface area contributed by atoms with E-state index in [1.807, 2.05) is 45.0 Å². The van der Waals surface area contributed by atoms with E-state index >= 15 is 0 Å². The number of rotatable bonds is 4. The van der Waals surface area contributed by atoms with Crippen LogP contribution < -0.4 is 5.32 Å². The lowest BCUT2D eigenvalue weighted by Crippen LogP contribution is -2.39. The molecule has 1 N–H and O–H groups in total. The minimum atomic E-state index is -1.98. The summed E-state index contributed by atoms with van der Waals surface area (Å²) in [6.07, 6.45) is 0. The van der Waals surface area contributed by atoms with Crippen LogP contribution in [0.1, 0.15) is 25.0 Å². The van der Waals surface area contributed by atoms with Gasteiger partial charge in [0.05, 0.1) is 0 Å². The van der Waals surface area contributed by atoms with E-state index in [9.17, 15) is 9.18 Å². The Labute approximate surface area is 106 Å². The summed E-state index contributed by atoms with van der Waals surface area (Å²) in [5.74, 6) is -0.784. The Balaban J connectivity index is 2.76. The first-order valence-electron chi connectivity index (χ1n) is 5.46. The van der Waals surface area contributed by atoms with Gasteiger partial charge < -0.3 is 5.32 Å². The van der Waals surface area contributed by atoms with E-state index in [2.05, 4.69) is 5.32 Å². The Hall–Kier alpha value is -1.09. The Kier molecular flexibility index (Phi) is 4.52. The fourth-order valence-corrected chi connectivity index (χ4v) is 1.89. The van der Waals surface area contributed by atoms with Crippen LogP contribution in [-0.2, 0) is 10.2 Å². The maximum absolute atomic E-state index is 12.5. The van der Waals surface area contributed by atoms with Gasteiger partial charge >= 0.3 is 0 Å². The van der Waals surface area contributed by atoms with Crippen molar-refractivity contribution in [1.29, 1.82) is 0 Å². The molecular weight excluding hydrogens is 241 g/mol. The second kappa shape index (κ2) is 5.50. The molecule has 0 radical (unpaired) electrons. The van der Waals surface area contributed by atoms with E-state index in [1.165, 1.54) is 0 Å². The maximum Gasteiger partial charge on any atom is 0.270 e. The molecule has 0 saturated carbocycles. The standard InChI is InChI=1S/C13H17ClFNO/c1-9-6-4-5-7-10(9)13(2,3)8-16-12(17)11(14)15/h4-7,11H,8H2,1-3H3,(H,16,17). The zero-order valence-electron chi connectivity index (χ0n) is 10.3. The summed E-state index contributed by atoms with van der Waals surface area (Å²) < 4.78 is 12.5. The Morgan fingerprint density at radius 2 is 2.06 bits per heavy atom. The van der Waals surface area contributed by atoms with Gasteiger partial charge in [-0.15, -0.1) is 0 Å². The van der Waals surface area contributed by atoms with E-state index < -0.39 is 11.5 Å². The van der Waals surface area contributed by atoms with Gasteiger partial charge in [0.15, 0.2) is 0 Å². The number of amides is 1. The van der Waals surface area contributed by atoms with Gasteiger partial charge in [0, 0.05) is 12.0 Å². The number of benzene rings is 1. The summed E-state index contributed by atoms with van der Waals surface area (Å²) in [7, 11) is 0. The van der Waals surface area contributed by atoms with Crippen LogP contribution in [0.4, 0.5) is 4.39 Å². The molecule has 0 spiro atoms. The summed E-state index contributed by atoms with van der Waals surface area (Å²) in [6, 6.07) is 7.93. The first-order valence-corrected chi connectivity index (χ1v) is 5.90. The molecular formula is C13H17ClFNO. The van der Waals surface area contributed by atoms with Crippen molar-refractivity contribution in [1.82, 2.24) is 5.32 Å². The number of carbonyl (C=O) groups excluding carboxylic acids is 1. The molecule has 1 amide bonds. The maximum atomic E-state index is 12.5. The second-order valence-electron chi connectivity index (χ2n) is 4.72. The van der Waals surface area contributed by atoms with Crippen LogP contribution in [-0.4, -0.2) is 18.1 Å². The molecule has 0 heterocycles. The summed E-state index contributed by atoms with van der Waals surface area (Å²) in [5.41, 5.74) is 0.0367. The third kappa shape index (κ3) is 3.70. The van der Waals surface area contributed by atoms with E-state index in [1.54, 1.807) is 0 Å². The van der Waals surface area contributed by atoms with Crippen molar-refractivity contribution in [2.45, 2.75) is 31.8 Å². The normalized spacial score (nSPS) is 13.2. The van der Waals surface area contributed by atoms with Gasteiger partial charge in [0.1, 0.15) is 0 Å². The number of aryl methyl sites for hydroxylation is 1. The van der Waals surface area contributed by atoms with Crippen LogP contribution in [0.25, 0.3) is 0 Å². The third-order valence-corrected chi connectivity index (χ3v) is 2.98. The van der Waals surface area contributed by atoms with Crippen molar-refractivity contribution in [3.05, 3.63) is 35.4 Å². The highest BCUT2D eigenvalue weighted by molar-refractivity contribution is 6.29. The lowest BCUT2D eigenvalue weighted by molar-refractivity contribution is -0.123. The van der Waals surface area contributed by atoms with Crippen LogP contribution in [0.2, 0.25) is 0 Å². The van der Waals surface area contributed by atoms with Crippen molar-refractivity contribution in [2.24, 2.45) is 0 Å². The molecule has 94 valence electrons. The van der Waals surface area contributed by atoms with Gasteiger partial charge in [0.25, 0.3) is 11.5 Å². The molecule has 2 nitrogen and oxygen atoms in total. The topological polar surface area (TPSA) is 29.1 Å². The number of halogens is 2. The molecule has 0 saturated heterocycles. The van der Waals surface area contributed by atoms with E-state index in [4.69, 9.17) is 11.6 Å². The number of nitrogens with one attached hydrogen (secondary N) is 1. The van der Waals surface area contributed by atoms with Gasteiger partial charge in [-0.05, 0) is 18.1 Å². The molecule has 4 heteroatoms. The van der Waals surface area contributed by atoms with Crippen molar-refractivity contribution >= 4 is 17.5 Å². The van der Waals surface area contributed by atoms with Crippen molar-refractivity contribution in [2.75, 3.05) is 6.54 Å². The summed E-state index contributed by atoms with van der Waals surface area (Å²) in [4.78, 5) is 11.1. The molecule has 0 aromatic heterocycles. The Morgan fingerprint density at radius 1 is 1.47 bits per heavy atom. The molecule has 17 heavy (non-hydrogen) atoms. The summed E-state index contributed by atoms with van der Waals surface area (Å²) >= 11 is 5.06. The van der Waals surface area contributed by atoms with Gasteiger partial charge in [-0.3, -0.25) is 4.79 Å². The SMILES string of the molecule is Cc1ccccc1C(C)(C)CNC(=O)C(F)Cl. The van der Waals surface area contributed by atoms with Crippen LogP contribution in [0.15, 0.2) is 24.3 Å². The van der Waals surface area contributed by atoms with Gasteiger partial charge in [0.2, 0.25) is 0 Å². The van der Waals surface area contributed by atoms with Crippen molar-refractivity contribution < 1.29 is 9.18 Å². The highest BCUT2D eigenvalue weighted by atomic mass is 35.5. The fourth-order valence-electron chi connectivity index (χ4n) is 1.81. The number of hydrogen-bond donors (Lipinski definition) is 1. The minimum absolute atomic E-state index is 0.257. The summed E-state index contributed by atoms with van der Waals surface area (Å²) in [6.45, 7) is 6.36.